The number of thioether (sulfide) groups is 1. The molecular weight excluding hydrogens is 1590 g/mol. The quantitative estimate of drug-likeness (QED) is 0.0355. The zero-order valence-corrected chi connectivity index (χ0v) is 61.7. The number of aromatic nitrogens is 8. The fraction of sp³-hybridized carbons (Fsp3) is 0.581. The molecule has 7 saturated heterocycles. The van der Waals surface area contributed by atoms with Crippen LogP contribution in [0, 0.1) is 7.40 Å². The predicted octanol–water partition coefficient (Wildman–Crippen LogP) is 3.45. The van der Waals surface area contributed by atoms with Crippen LogP contribution in [0.5, 0.6) is 0 Å². The Hall–Kier alpha value is -5.43. The van der Waals surface area contributed by atoms with Crippen LogP contribution >= 0.6 is 69.2 Å². The molecule has 11 heterocycles. The third kappa shape index (κ3) is 21.4. The Labute approximate surface area is 610 Å². The largest absolute Gasteiger partial charge is 0.467 e. The highest BCUT2D eigenvalue weighted by atomic mass is 127. The van der Waals surface area contributed by atoms with Crippen LogP contribution in [0.2, 0.25) is 0 Å². The van der Waals surface area contributed by atoms with Gasteiger partial charge in [0.05, 0.1) is 67.0 Å². The summed E-state index contributed by atoms with van der Waals surface area (Å²) in [7, 11) is 4.58. The van der Waals surface area contributed by atoms with Crippen LogP contribution in [0.4, 0.5) is 11.6 Å². The molecule has 0 spiro atoms. The van der Waals surface area contributed by atoms with Gasteiger partial charge in [-0.05, 0) is 116 Å². The van der Waals surface area contributed by atoms with Gasteiger partial charge in [0.25, 0.3) is 0 Å². The summed E-state index contributed by atoms with van der Waals surface area (Å²) in [5.41, 5.74) is 13.4. The number of halogens is 2. The first kappa shape index (κ1) is 80.3. The molecule has 38 heteroatoms. The number of rotatable bonds is 13. The summed E-state index contributed by atoms with van der Waals surface area (Å²) in [5, 5.41) is 58.9. The van der Waals surface area contributed by atoms with Crippen LogP contribution in [-0.2, 0) is 80.6 Å². The van der Waals surface area contributed by atoms with Crippen molar-refractivity contribution in [1.82, 2.24) is 39.9 Å². The van der Waals surface area contributed by atoms with Gasteiger partial charge in [-0.3, -0.25) is 9.89 Å². The Bertz CT molecular complexity index is 3620. The molecule has 34 nitrogen and oxygen atoms in total. The Morgan fingerprint density at radius 2 is 1.25 bits per heavy atom. The summed E-state index contributed by atoms with van der Waals surface area (Å²) in [6.45, 7) is 8.99. The molecule has 2 aromatic carbocycles. The van der Waals surface area contributed by atoms with Crippen molar-refractivity contribution < 1.29 is 116 Å². The number of hydrogen-bond donors (Lipinski definition) is 8. The molecule has 7 fully saturated rings. The third-order valence-electron chi connectivity index (χ3n) is 15.7. The lowest BCUT2D eigenvalue weighted by molar-refractivity contribution is -0.300. The smallest absolute Gasteiger partial charge is 0.338 e. The first-order chi connectivity index (χ1) is 47.7. The Morgan fingerprint density at radius 3 is 1.81 bits per heavy atom. The predicted molar refractivity (Wildman–Crippen MR) is 372 cm³/mol. The number of ether oxygens (including phenoxy) is 16. The van der Waals surface area contributed by atoms with E-state index in [9.17, 15) is 24.6 Å². The molecule has 0 aliphatic carbocycles. The van der Waals surface area contributed by atoms with Crippen molar-refractivity contribution in [2.75, 3.05) is 72.1 Å². The molecule has 550 valence electrons. The topological polar surface area (TPSA) is 450 Å². The second kappa shape index (κ2) is 37.3. The third-order valence-corrected chi connectivity index (χ3v) is 18.2. The SMILES string of the molecule is CC(=O)OC1C[C@H](OC(=O)c2ccccc2)[C@H](COC(=O)c2ccccc2)O1.COC1C[C@H](O)[C@H](CO)O1.COC1O[C@H]2COC(C)(C)O[C@H]2[C@@H]1O.COC1O[C@H]2COC(C)(C)O[C@H]2[C@@H]1OC(=S)SC.Nc1ncnc2c1c(I)nn2[C@H]1C[C@H](O)[C@H](CO)O1.Nc1ncnc2n[nH]c(I)c12. The van der Waals surface area contributed by atoms with Gasteiger partial charge in [0, 0.05) is 41.1 Å². The van der Waals surface area contributed by atoms with E-state index in [1.807, 2.05) is 34.0 Å². The zero-order chi connectivity index (χ0) is 72.6. The zero-order valence-electron chi connectivity index (χ0n) is 55.8. The second-order valence-electron chi connectivity index (χ2n) is 23.5. The summed E-state index contributed by atoms with van der Waals surface area (Å²) in [6, 6.07) is 17.0. The maximum Gasteiger partial charge on any atom is 0.338 e. The Balaban J connectivity index is 0.000000158. The molecular formula is C62H82I2N10O24S2. The minimum atomic E-state index is -0.869. The van der Waals surface area contributed by atoms with Crippen molar-refractivity contribution in [1.29, 1.82) is 0 Å². The lowest BCUT2D eigenvalue weighted by atomic mass is 10.1. The Morgan fingerprint density at radius 1 is 0.690 bits per heavy atom. The summed E-state index contributed by atoms with van der Waals surface area (Å²) in [6.07, 6.45) is -3.14. The highest BCUT2D eigenvalue weighted by Crippen LogP contribution is 2.38. The first-order valence-corrected chi connectivity index (χ1v) is 34.9. The first-order valence-electron chi connectivity index (χ1n) is 31.1. The van der Waals surface area contributed by atoms with Gasteiger partial charge in [0.15, 0.2) is 54.1 Å². The fourth-order valence-corrected chi connectivity index (χ4v) is 12.5. The molecule has 17 atom stereocenters. The highest BCUT2D eigenvalue weighted by molar-refractivity contribution is 14.1. The van der Waals surface area contributed by atoms with E-state index in [0.717, 1.165) is 9.09 Å². The minimum absolute atomic E-state index is 0.141. The standard InChI is InChI=1S/C21H20O7.C11H18O5S2.C10H12IN5O3.C9H16O5.C6H12O4.C5H4IN5/c1-14(22)26-19-12-17(28-21(24)16-10-6-3-7-11-16)18(27-19)13-25-20(23)15-8-4-2-5-9-15;1-11(2)13-5-6-7(16-11)8(9(12-3)14-6)15-10(17)18-4;11-8-7-9(12)13-3-14-10(7)16(15-8)6-1-4(18)5(2-17)19-6;1-9(2)12-4-5-7(14-9)6(10)8(11-3)13-5;1-9-6-2-4(8)5(3-7)10-6;6-3-2-4(7)8-1-9-5(2)11-10-3/h2-11,17-19H,12-13H2,1H3;6-9H,5H2,1-4H3;3-6,17-18H,1-2H2,(H2,12,13,14);5-8,10H,4H2,1-3H3;4-8H,2-3H2,1H3;1H,(H3,7,8,9,10,11)/t17-,18-,19?;6-,7+,8-,9?;4-,5-,6+;5-,6-,7+,8?;4-,5-,6?;/m00000./s1. The van der Waals surface area contributed by atoms with E-state index in [4.69, 9.17) is 115 Å². The molecule has 0 amide bonds. The van der Waals surface area contributed by atoms with Gasteiger partial charge in [-0.25, -0.2) is 34.2 Å². The number of fused-ring (bicyclic) bond motifs is 4. The van der Waals surface area contributed by atoms with Crippen molar-refractivity contribution in [2.45, 2.75) is 170 Å². The van der Waals surface area contributed by atoms with Crippen LogP contribution in [-0.4, -0.2) is 258 Å². The lowest BCUT2D eigenvalue weighted by Gasteiger charge is -2.38. The molecule has 7 aliphatic rings. The number of H-pyrrole nitrogens is 1. The molecule has 0 radical (unpaired) electrons. The number of carbonyl (C=O) groups excluding carboxylic acids is 3. The van der Waals surface area contributed by atoms with E-state index < -0.39 is 97.3 Å². The number of methoxy groups -OCH3 is 3. The lowest BCUT2D eigenvalue weighted by Crippen LogP contribution is -2.51. The van der Waals surface area contributed by atoms with Gasteiger partial charge < -0.3 is 113 Å². The molecule has 4 unspecified atom stereocenters. The number of benzene rings is 2. The average Bonchev–Trinajstić information content (AvgIpc) is 1.63. The van der Waals surface area contributed by atoms with Crippen LogP contribution in [0.1, 0.15) is 80.8 Å². The van der Waals surface area contributed by atoms with Gasteiger partial charge in [-0.2, -0.15) is 10.2 Å². The minimum Gasteiger partial charge on any atom is -0.467 e. The molecule has 100 heavy (non-hydrogen) atoms. The number of esters is 3. The molecule has 4 aromatic heterocycles. The van der Waals surface area contributed by atoms with Crippen molar-refractivity contribution in [3.8, 4) is 0 Å². The van der Waals surface area contributed by atoms with E-state index in [0.29, 0.717) is 73.6 Å². The number of nitrogens with zero attached hydrogens (tertiary/aromatic N) is 7. The monoisotopic (exact) mass is 1670 g/mol. The normalized spacial score (nSPS) is 29.6. The van der Waals surface area contributed by atoms with Gasteiger partial charge in [-0.15, -0.1) is 0 Å². The van der Waals surface area contributed by atoms with E-state index >= 15 is 0 Å². The number of aliphatic hydroxyl groups excluding tert-OH is 5. The van der Waals surface area contributed by atoms with E-state index in [2.05, 4.69) is 80.4 Å². The van der Waals surface area contributed by atoms with Gasteiger partial charge >= 0.3 is 17.9 Å². The van der Waals surface area contributed by atoms with E-state index in [1.54, 1.807) is 72.5 Å². The molecule has 0 bridgehead atoms. The van der Waals surface area contributed by atoms with Gasteiger partial charge in [-0.1, -0.05) is 48.2 Å². The number of aliphatic hydroxyl groups is 5. The van der Waals surface area contributed by atoms with Gasteiger partial charge in [0.1, 0.15) is 93.2 Å². The van der Waals surface area contributed by atoms with Gasteiger partial charge in [0.2, 0.25) is 10.7 Å². The van der Waals surface area contributed by atoms with Crippen molar-refractivity contribution in [3.63, 3.8) is 0 Å². The molecule has 7 aliphatic heterocycles. The number of nitrogens with two attached hydrogens (primary N) is 2. The van der Waals surface area contributed by atoms with Crippen LogP contribution in [0.3, 0.4) is 0 Å². The maximum atomic E-state index is 12.3. The van der Waals surface area contributed by atoms with E-state index in [1.165, 1.54) is 45.6 Å². The molecule has 0 saturated carbocycles. The number of hydrogen-bond acceptors (Lipinski definition) is 34. The van der Waals surface area contributed by atoms with E-state index in [-0.39, 0.29) is 63.1 Å². The number of thiocarbonyl (C=S) groups is 1. The average molecular weight is 1670 g/mol. The van der Waals surface area contributed by atoms with Crippen LogP contribution < -0.4 is 11.5 Å². The molecule has 13 rings (SSSR count). The Kier molecular flexibility index (Phi) is 30.0. The fourth-order valence-electron chi connectivity index (χ4n) is 10.7. The molecule has 6 aromatic rings. The van der Waals surface area contributed by atoms with Crippen molar-refractivity contribution in [2.24, 2.45) is 0 Å². The number of nitrogens with one attached hydrogen (secondary N) is 1. The van der Waals surface area contributed by atoms with Crippen molar-refractivity contribution in [3.05, 3.63) is 91.8 Å². The summed E-state index contributed by atoms with van der Waals surface area (Å²) < 4.78 is 89.9. The number of anilines is 2. The summed E-state index contributed by atoms with van der Waals surface area (Å²) in [5.74, 6) is -2.04. The second-order valence-corrected chi connectivity index (χ2v) is 27.0. The number of nitrogen functional groups attached to an aromatic ring is 2. The van der Waals surface area contributed by atoms with Crippen molar-refractivity contribution >= 4 is 125 Å². The maximum absolute atomic E-state index is 12.3. The number of carbonyl (C=O) groups is 3. The van der Waals surface area contributed by atoms with Crippen LogP contribution in [0.15, 0.2) is 73.3 Å². The van der Waals surface area contributed by atoms with Crippen LogP contribution in [0.25, 0.3) is 22.1 Å². The summed E-state index contributed by atoms with van der Waals surface area (Å²) >= 11 is 10.6. The summed E-state index contributed by atoms with van der Waals surface area (Å²) in [4.78, 5) is 51.6. The highest BCUT2D eigenvalue weighted by Gasteiger charge is 2.54. The molecule has 10 N–H and O–H groups in total. The number of aromatic amines is 1.